The van der Waals surface area contributed by atoms with E-state index in [-0.39, 0.29) is 6.42 Å². The first kappa shape index (κ1) is 16.8. The summed E-state index contributed by atoms with van der Waals surface area (Å²) in [5.74, 6) is -1.15. The van der Waals surface area contributed by atoms with Crippen LogP contribution in [0.15, 0.2) is 48.8 Å². The molecule has 1 heterocycles. The molecule has 5 nitrogen and oxygen atoms in total. The molecule has 2 rings (SSSR count). The Morgan fingerprint density at radius 2 is 2.00 bits per heavy atom. The van der Waals surface area contributed by atoms with E-state index in [1.165, 1.54) is 12.4 Å². The predicted octanol–water partition coefficient (Wildman–Crippen LogP) is 3.15. The Hall–Kier alpha value is -2.54. The lowest BCUT2D eigenvalue weighted by Crippen LogP contribution is -2.45. The van der Waals surface area contributed by atoms with Gasteiger partial charge in [0.1, 0.15) is 5.54 Å². The normalized spacial score (nSPS) is 13.8. The van der Waals surface area contributed by atoms with Gasteiger partial charge in [0.25, 0.3) is 0 Å². The third-order valence-corrected chi connectivity index (χ3v) is 3.50. The standard InChI is InChI=1S/C16H17F2N3O2/c1-10(2)7-16(19,14(22)23)13-5-3-11(4-6-13)12-8-20-21(9-12)15(17)18/h3-6,8-9,15H,1,7,19H2,2H3,(H,22,23). The Balaban J connectivity index is 2.33. The van der Waals surface area contributed by atoms with Crippen LogP contribution in [0, 0.1) is 0 Å². The number of nitrogens with two attached hydrogens (primary N) is 1. The minimum atomic E-state index is -2.71. The fraction of sp³-hybridized carbons (Fsp3) is 0.250. The summed E-state index contributed by atoms with van der Waals surface area (Å²) in [6, 6.07) is 6.41. The predicted molar refractivity (Wildman–Crippen MR) is 81.8 cm³/mol. The van der Waals surface area contributed by atoms with Gasteiger partial charge in [0, 0.05) is 18.2 Å². The molecular formula is C16H17F2N3O2. The fourth-order valence-corrected chi connectivity index (χ4v) is 2.33. The van der Waals surface area contributed by atoms with E-state index < -0.39 is 18.1 Å². The topological polar surface area (TPSA) is 81.1 Å². The molecule has 2 aromatic rings. The minimum absolute atomic E-state index is 0.102. The number of carbonyl (C=O) groups is 1. The molecule has 1 atom stereocenters. The van der Waals surface area contributed by atoms with Gasteiger partial charge >= 0.3 is 12.5 Å². The maximum atomic E-state index is 12.5. The maximum Gasteiger partial charge on any atom is 0.333 e. The van der Waals surface area contributed by atoms with Crippen molar-refractivity contribution in [3.8, 4) is 11.1 Å². The van der Waals surface area contributed by atoms with Gasteiger partial charge in [0.05, 0.1) is 6.20 Å². The summed E-state index contributed by atoms with van der Waals surface area (Å²) < 4.78 is 25.6. The molecule has 1 unspecified atom stereocenters. The highest BCUT2D eigenvalue weighted by Crippen LogP contribution is 2.28. The quantitative estimate of drug-likeness (QED) is 0.801. The summed E-state index contributed by atoms with van der Waals surface area (Å²) in [4.78, 5) is 11.5. The summed E-state index contributed by atoms with van der Waals surface area (Å²) in [5.41, 5.74) is 6.66. The van der Waals surface area contributed by atoms with Crippen molar-refractivity contribution in [2.45, 2.75) is 25.4 Å². The van der Waals surface area contributed by atoms with Crippen molar-refractivity contribution in [2.75, 3.05) is 0 Å². The van der Waals surface area contributed by atoms with Crippen LogP contribution in [0.1, 0.15) is 25.5 Å². The highest BCUT2D eigenvalue weighted by atomic mass is 19.3. The minimum Gasteiger partial charge on any atom is -0.480 e. The van der Waals surface area contributed by atoms with Crippen LogP contribution in [0.5, 0.6) is 0 Å². The first-order valence-electron chi connectivity index (χ1n) is 6.84. The molecule has 23 heavy (non-hydrogen) atoms. The van der Waals surface area contributed by atoms with Gasteiger partial charge < -0.3 is 10.8 Å². The van der Waals surface area contributed by atoms with Gasteiger partial charge in [0.2, 0.25) is 0 Å². The Kier molecular flexibility index (Phi) is 4.60. The number of hydrogen-bond acceptors (Lipinski definition) is 3. The molecule has 0 saturated heterocycles. The summed E-state index contributed by atoms with van der Waals surface area (Å²) in [6.07, 6.45) is 2.65. The molecule has 0 aliphatic rings. The average molecular weight is 321 g/mol. The zero-order valence-corrected chi connectivity index (χ0v) is 12.5. The van der Waals surface area contributed by atoms with E-state index in [0.29, 0.717) is 26.9 Å². The highest BCUT2D eigenvalue weighted by Gasteiger charge is 2.35. The number of rotatable bonds is 6. The third-order valence-electron chi connectivity index (χ3n) is 3.50. The number of halogens is 2. The Morgan fingerprint density at radius 3 is 2.43 bits per heavy atom. The van der Waals surface area contributed by atoms with E-state index in [1.54, 1.807) is 31.2 Å². The van der Waals surface area contributed by atoms with Crippen molar-refractivity contribution in [1.29, 1.82) is 0 Å². The molecule has 7 heteroatoms. The molecule has 0 aliphatic carbocycles. The number of carboxylic acid groups (broad SMARTS) is 1. The van der Waals surface area contributed by atoms with Gasteiger partial charge in [0.15, 0.2) is 0 Å². The average Bonchev–Trinajstić information content (AvgIpc) is 2.96. The van der Waals surface area contributed by atoms with Crippen molar-refractivity contribution in [2.24, 2.45) is 5.73 Å². The van der Waals surface area contributed by atoms with Crippen LogP contribution in [0.4, 0.5) is 8.78 Å². The van der Waals surface area contributed by atoms with Crippen LogP contribution in [0.2, 0.25) is 0 Å². The van der Waals surface area contributed by atoms with Crippen molar-refractivity contribution in [3.05, 3.63) is 54.4 Å². The second-order valence-electron chi connectivity index (χ2n) is 5.47. The zero-order valence-electron chi connectivity index (χ0n) is 12.5. The van der Waals surface area contributed by atoms with Gasteiger partial charge in [-0.3, -0.25) is 0 Å². The molecule has 0 bridgehead atoms. The van der Waals surface area contributed by atoms with E-state index in [2.05, 4.69) is 11.7 Å². The third kappa shape index (κ3) is 3.45. The van der Waals surface area contributed by atoms with Gasteiger partial charge in [-0.15, -0.1) is 6.58 Å². The van der Waals surface area contributed by atoms with E-state index >= 15 is 0 Å². The summed E-state index contributed by atoms with van der Waals surface area (Å²) >= 11 is 0. The summed E-state index contributed by atoms with van der Waals surface area (Å²) in [5, 5.41) is 13.0. The zero-order chi connectivity index (χ0) is 17.2. The number of aromatic nitrogens is 2. The van der Waals surface area contributed by atoms with E-state index in [0.717, 1.165) is 0 Å². The smallest absolute Gasteiger partial charge is 0.333 e. The lowest BCUT2D eigenvalue weighted by Gasteiger charge is -2.25. The molecule has 0 saturated carbocycles. The number of aliphatic carboxylic acids is 1. The van der Waals surface area contributed by atoms with E-state index in [9.17, 15) is 18.7 Å². The van der Waals surface area contributed by atoms with Crippen LogP contribution >= 0.6 is 0 Å². The van der Waals surface area contributed by atoms with Crippen molar-refractivity contribution < 1.29 is 18.7 Å². The fourth-order valence-electron chi connectivity index (χ4n) is 2.33. The first-order valence-corrected chi connectivity index (χ1v) is 6.84. The second-order valence-corrected chi connectivity index (χ2v) is 5.47. The number of hydrogen-bond donors (Lipinski definition) is 2. The maximum absolute atomic E-state index is 12.5. The van der Waals surface area contributed by atoms with Gasteiger partial charge in [-0.05, 0) is 18.1 Å². The monoisotopic (exact) mass is 321 g/mol. The van der Waals surface area contributed by atoms with Gasteiger partial charge in [-0.25, -0.2) is 9.48 Å². The Labute approximate surface area is 132 Å². The van der Waals surface area contributed by atoms with Crippen molar-refractivity contribution in [3.63, 3.8) is 0 Å². The van der Waals surface area contributed by atoms with Crippen LogP contribution < -0.4 is 5.73 Å². The lowest BCUT2D eigenvalue weighted by atomic mass is 9.84. The SMILES string of the molecule is C=C(C)CC(N)(C(=O)O)c1ccc(-c2cnn(C(F)F)c2)cc1. The van der Waals surface area contributed by atoms with E-state index in [1.807, 2.05) is 0 Å². The first-order chi connectivity index (χ1) is 10.7. The Bertz CT molecular complexity index is 725. The highest BCUT2D eigenvalue weighted by molar-refractivity contribution is 5.81. The largest absolute Gasteiger partial charge is 0.480 e. The molecule has 0 amide bonds. The van der Waals surface area contributed by atoms with Crippen molar-refractivity contribution >= 4 is 5.97 Å². The second kappa shape index (κ2) is 6.29. The van der Waals surface area contributed by atoms with Gasteiger partial charge in [-0.1, -0.05) is 29.8 Å². The molecule has 3 N–H and O–H groups in total. The molecule has 0 fully saturated rings. The van der Waals surface area contributed by atoms with E-state index in [4.69, 9.17) is 5.73 Å². The number of alkyl halides is 2. The van der Waals surface area contributed by atoms with Crippen molar-refractivity contribution in [1.82, 2.24) is 9.78 Å². The summed E-state index contributed by atoms with van der Waals surface area (Å²) in [6.45, 7) is 2.71. The summed E-state index contributed by atoms with van der Waals surface area (Å²) in [7, 11) is 0. The molecule has 122 valence electrons. The lowest BCUT2D eigenvalue weighted by molar-refractivity contribution is -0.143. The van der Waals surface area contributed by atoms with Gasteiger partial charge in [-0.2, -0.15) is 13.9 Å². The molecule has 0 spiro atoms. The molecular weight excluding hydrogens is 304 g/mol. The molecule has 0 aliphatic heterocycles. The molecule has 0 radical (unpaired) electrons. The molecule has 1 aromatic carbocycles. The molecule has 1 aromatic heterocycles. The van der Waals surface area contributed by atoms with Crippen LogP contribution in [0.25, 0.3) is 11.1 Å². The number of carboxylic acids is 1. The number of benzene rings is 1. The Morgan fingerprint density at radius 1 is 1.39 bits per heavy atom. The number of nitrogens with zero attached hydrogens (tertiary/aromatic N) is 2. The van der Waals surface area contributed by atoms with Crippen LogP contribution in [-0.2, 0) is 10.3 Å². The van der Waals surface area contributed by atoms with Crippen LogP contribution in [-0.4, -0.2) is 20.9 Å². The van der Waals surface area contributed by atoms with Crippen LogP contribution in [0.3, 0.4) is 0 Å².